The fourth-order valence-electron chi connectivity index (χ4n) is 2.51. The summed E-state index contributed by atoms with van der Waals surface area (Å²) in [6, 6.07) is 4.96. The first-order chi connectivity index (χ1) is 12.2. The number of hydrogen-bond donors (Lipinski definition) is 2. The summed E-state index contributed by atoms with van der Waals surface area (Å²) in [5.41, 5.74) is 0.827. The maximum atomic E-state index is 13.8. The molecule has 7 heteroatoms. The van der Waals surface area contributed by atoms with E-state index in [2.05, 4.69) is 15.6 Å². The van der Waals surface area contributed by atoms with E-state index in [-0.39, 0.29) is 17.7 Å². The van der Waals surface area contributed by atoms with E-state index in [1.807, 2.05) is 13.0 Å². The quantitative estimate of drug-likeness (QED) is 0.404. The zero-order valence-corrected chi connectivity index (χ0v) is 15.0. The number of benzene rings is 1. The molecule has 2 N–H and O–H groups in total. The second-order valence-electron chi connectivity index (χ2n) is 5.76. The number of rotatable bonds is 9. The van der Waals surface area contributed by atoms with Gasteiger partial charge < -0.3 is 24.8 Å². The van der Waals surface area contributed by atoms with Gasteiger partial charge in [-0.05, 0) is 37.5 Å². The van der Waals surface area contributed by atoms with Crippen molar-refractivity contribution in [3.05, 3.63) is 29.6 Å². The highest BCUT2D eigenvalue weighted by atomic mass is 19.1. The maximum Gasteiger partial charge on any atom is 0.191 e. The van der Waals surface area contributed by atoms with Crippen molar-refractivity contribution in [2.24, 2.45) is 4.99 Å². The van der Waals surface area contributed by atoms with Crippen LogP contribution in [0.15, 0.2) is 23.2 Å². The van der Waals surface area contributed by atoms with Crippen LogP contribution in [0.2, 0.25) is 0 Å². The summed E-state index contributed by atoms with van der Waals surface area (Å²) in [7, 11) is 1.71. The standard InChI is InChI=1S/C18H28FN3O3/c1-3-24-17-6-5-14(11-16(17)19)12-22-18(20-2)21-8-4-9-25-15-7-10-23-13-15/h5-6,11,15H,3-4,7-10,12-13H2,1-2H3,(H2,20,21,22). The van der Waals surface area contributed by atoms with Crippen molar-refractivity contribution in [3.63, 3.8) is 0 Å². The van der Waals surface area contributed by atoms with Crippen LogP contribution in [0.5, 0.6) is 5.75 Å². The highest BCUT2D eigenvalue weighted by molar-refractivity contribution is 5.79. The van der Waals surface area contributed by atoms with Crippen LogP contribution in [0, 0.1) is 5.82 Å². The van der Waals surface area contributed by atoms with E-state index in [1.165, 1.54) is 6.07 Å². The van der Waals surface area contributed by atoms with Gasteiger partial charge in [-0.25, -0.2) is 4.39 Å². The van der Waals surface area contributed by atoms with E-state index in [1.54, 1.807) is 13.1 Å². The van der Waals surface area contributed by atoms with Gasteiger partial charge in [-0.2, -0.15) is 0 Å². The summed E-state index contributed by atoms with van der Waals surface area (Å²) in [6.45, 7) is 5.71. The summed E-state index contributed by atoms with van der Waals surface area (Å²) in [4.78, 5) is 4.16. The lowest BCUT2D eigenvalue weighted by Crippen LogP contribution is -2.37. The number of ether oxygens (including phenoxy) is 3. The summed E-state index contributed by atoms with van der Waals surface area (Å²) in [6.07, 6.45) is 2.11. The molecule has 1 atom stereocenters. The van der Waals surface area contributed by atoms with Crippen molar-refractivity contribution in [2.45, 2.75) is 32.4 Å². The number of halogens is 1. The van der Waals surface area contributed by atoms with Crippen molar-refractivity contribution in [1.29, 1.82) is 0 Å². The van der Waals surface area contributed by atoms with Crippen molar-refractivity contribution in [2.75, 3.05) is 40.0 Å². The summed E-state index contributed by atoms with van der Waals surface area (Å²) < 4.78 is 30.0. The van der Waals surface area contributed by atoms with Gasteiger partial charge >= 0.3 is 0 Å². The van der Waals surface area contributed by atoms with Crippen molar-refractivity contribution >= 4 is 5.96 Å². The van der Waals surface area contributed by atoms with E-state index in [0.29, 0.717) is 32.3 Å². The lowest BCUT2D eigenvalue weighted by Gasteiger charge is -2.13. The molecule has 140 valence electrons. The van der Waals surface area contributed by atoms with Crippen LogP contribution >= 0.6 is 0 Å². The van der Waals surface area contributed by atoms with Gasteiger partial charge in [-0.1, -0.05) is 6.07 Å². The lowest BCUT2D eigenvalue weighted by molar-refractivity contribution is 0.0420. The minimum Gasteiger partial charge on any atom is -0.491 e. The van der Waals surface area contributed by atoms with Crippen molar-refractivity contribution < 1.29 is 18.6 Å². The smallest absolute Gasteiger partial charge is 0.191 e. The van der Waals surface area contributed by atoms with Gasteiger partial charge in [0.2, 0.25) is 0 Å². The molecule has 6 nitrogen and oxygen atoms in total. The Labute approximate surface area is 148 Å². The number of nitrogens with one attached hydrogen (secondary N) is 2. The monoisotopic (exact) mass is 353 g/mol. The molecule has 2 rings (SSSR count). The first kappa shape index (κ1) is 19.5. The van der Waals surface area contributed by atoms with Crippen molar-refractivity contribution in [1.82, 2.24) is 10.6 Å². The average molecular weight is 353 g/mol. The molecule has 0 amide bonds. The van der Waals surface area contributed by atoms with E-state index in [4.69, 9.17) is 14.2 Å². The molecule has 0 spiro atoms. The number of aliphatic imine (C=N–C) groups is 1. The molecular formula is C18H28FN3O3. The molecular weight excluding hydrogens is 325 g/mol. The molecule has 25 heavy (non-hydrogen) atoms. The Hall–Kier alpha value is -1.86. The molecule has 1 fully saturated rings. The maximum absolute atomic E-state index is 13.8. The van der Waals surface area contributed by atoms with Gasteiger partial charge in [0.1, 0.15) is 0 Å². The van der Waals surface area contributed by atoms with Crippen LogP contribution in [-0.4, -0.2) is 52.1 Å². The highest BCUT2D eigenvalue weighted by Crippen LogP contribution is 2.18. The molecule has 0 aromatic heterocycles. The molecule has 0 bridgehead atoms. The molecule has 1 saturated heterocycles. The second kappa shape index (κ2) is 10.9. The third-order valence-electron chi connectivity index (χ3n) is 3.83. The minimum atomic E-state index is -0.350. The minimum absolute atomic E-state index is 0.243. The Bertz CT molecular complexity index is 548. The predicted molar refractivity (Wildman–Crippen MR) is 95.6 cm³/mol. The Morgan fingerprint density at radius 3 is 2.96 bits per heavy atom. The lowest BCUT2D eigenvalue weighted by atomic mass is 10.2. The van der Waals surface area contributed by atoms with E-state index in [9.17, 15) is 4.39 Å². The van der Waals surface area contributed by atoms with Crippen LogP contribution < -0.4 is 15.4 Å². The highest BCUT2D eigenvalue weighted by Gasteiger charge is 2.15. The van der Waals surface area contributed by atoms with Gasteiger partial charge in [-0.15, -0.1) is 0 Å². The van der Waals surface area contributed by atoms with Crippen LogP contribution in [-0.2, 0) is 16.0 Å². The number of nitrogens with zero attached hydrogens (tertiary/aromatic N) is 1. The fourth-order valence-corrected chi connectivity index (χ4v) is 2.51. The van der Waals surface area contributed by atoms with Gasteiger partial charge in [0, 0.05) is 33.4 Å². The van der Waals surface area contributed by atoms with Gasteiger partial charge in [0.25, 0.3) is 0 Å². The Kier molecular flexibility index (Phi) is 8.48. The van der Waals surface area contributed by atoms with Crippen molar-refractivity contribution in [3.8, 4) is 5.75 Å². The SMILES string of the molecule is CCOc1ccc(CNC(=NC)NCCCOC2CCOC2)cc1F. The molecule has 0 aliphatic carbocycles. The summed E-state index contributed by atoms with van der Waals surface area (Å²) in [5.74, 6) is 0.608. The summed E-state index contributed by atoms with van der Waals surface area (Å²) >= 11 is 0. The average Bonchev–Trinajstić information content (AvgIpc) is 3.13. The summed E-state index contributed by atoms with van der Waals surface area (Å²) in [5, 5.41) is 6.39. The van der Waals surface area contributed by atoms with Gasteiger partial charge in [-0.3, -0.25) is 4.99 Å². The Balaban J connectivity index is 1.65. The van der Waals surface area contributed by atoms with E-state index >= 15 is 0 Å². The first-order valence-corrected chi connectivity index (χ1v) is 8.78. The van der Waals surface area contributed by atoms with Crippen LogP contribution in [0.1, 0.15) is 25.3 Å². The molecule has 0 saturated carbocycles. The van der Waals surface area contributed by atoms with Gasteiger partial charge in [0.15, 0.2) is 17.5 Å². The molecule has 1 aliphatic heterocycles. The Morgan fingerprint density at radius 2 is 2.28 bits per heavy atom. The number of hydrogen-bond acceptors (Lipinski definition) is 4. The molecule has 1 aliphatic rings. The normalized spacial score (nSPS) is 17.6. The zero-order valence-electron chi connectivity index (χ0n) is 15.0. The molecule has 0 radical (unpaired) electrons. The van der Waals surface area contributed by atoms with E-state index < -0.39 is 0 Å². The van der Waals surface area contributed by atoms with Crippen LogP contribution in [0.3, 0.4) is 0 Å². The van der Waals surface area contributed by atoms with Gasteiger partial charge in [0.05, 0.1) is 19.3 Å². The fraction of sp³-hybridized carbons (Fsp3) is 0.611. The predicted octanol–water partition coefficient (Wildman–Crippen LogP) is 2.08. The zero-order chi connectivity index (χ0) is 17.9. The molecule has 1 unspecified atom stereocenters. The number of guanidine groups is 1. The first-order valence-electron chi connectivity index (χ1n) is 8.78. The molecule has 1 aromatic rings. The Morgan fingerprint density at radius 1 is 1.40 bits per heavy atom. The third kappa shape index (κ3) is 6.88. The second-order valence-corrected chi connectivity index (χ2v) is 5.76. The largest absolute Gasteiger partial charge is 0.491 e. The third-order valence-corrected chi connectivity index (χ3v) is 3.83. The molecule has 1 aromatic carbocycles. The van der Waals surface area contributed by atoms with Crippen LogP contribution in [0.4, 0.5) is 4.39 Å². The van der Waals surface area contributed by atoms with E-state index in [0.717, 1.165) is 31.6 Å². The molecule has 1 heterocycles. The topological polar surface area (TPSA) is 64.1 Å². The van der Waals surface area contributed by atoms with Crippen LogP contribution in [0.25, 0.3) is 0 Å².